The lowest BCUT2D eigenvalue weighted by molar-refractivity contribution is 0.0266. The van der Waals surface area contributed by atoms with E-state index in [2.05, 4.69) is 24.8 Å². The van der Waals surface area contributed by atoms with Gasteiger partial charge in [-0.15, -0.1) is 0 Å². The highest BCUT2D eigenvalue weighted by atomic mass is 16.1. The second kappa shape index (κ2) is 4.90. The fourth-order valence-electron chi connectivity index (χ4n) is 4.58. The lowest BCUT2D eigenvalue weighted by Crippen LogP contribution is -2.61. The Kier molecular flexibility index (Phi) is 3.21. The molecule has 3 aliphatic rings. The summed E-state index contributed by atoms with van der Waals surface area (Å²) in [4.78, 5) is 15.6. The zero-order valence-electron chi connectivity index (χ0n) is 13.6. The molecule has 0 aromatic heterocycles. The van der Waals surface area contributed by atoms with E-state index in [1.807, 2.05) is 12.1 Å². The summed E-state index contributed by atoms with van der Waals surface area (Å²) in [6, 6.07) is 6.32. The molecule has 1 aromatic carbocycles. The number of carbonyl (C=O) groups excluding carboxylic acids is 1. The van der Waals surface area contributed by atoms with E-state index in [0.717, 1.165) is 36.6 Å². The van der Waals surface area contributed by atoms with Gasteiger partial charge in [-0.3, -0.25) is 9.69 Å². The van der Waals surface area contributed by atoms with Crippen LogP contribution in [0.1, 0.15) is 54.6 Å². The van der Waals surface area contributed by atoms with Gasteiger partial charge < -0.3 is 5.73 Å². The van der Waals surface area contributed by atoms with Gasteiger partial charge in [-0.2, -0.15) is 0 Å². The fourth-order valence-corrected chi connectivity index (χ4v) is 4.58. The summed E-state index contributed by atoms with van der Waals surface area (Å²) < 4.78 is 0. The predicted molar refractivity (Wildman–Crippen MR) is 87.9 cm³/mol. The Balaban J connectivity index is 1.78. The van der Waals surface area contributed by atoms with Gasteiger partial charge >= 0.3 is 0 Å². The maximum atomic E-state index is 13.1. The van der Waals surface area contributed by atoms with Gasteiger partial charge in [0.1, 0.15) is 0 Å². The molecule has 0 spiro atoms. The number of benzene rings is 1. The Hall–Kier alpha value is -1.19. The second-order valence-electron chi connectivity index (χ2n) is 7.79. The van der Waals surface area contributed by atoms with Gasteiger partial charge in [0.25, 0.3) is 0 Å². The minimum Gasteiger partial charge on any atom is -0.326 e. The van der Waals surface area contributed by atoms with Crippen LogP contribution in [0.25, 0.3) is 0 Å². The van der Waals surface area contributed by atoms with Crippen molar-refractivity contribution in [3.8, 4) is 0 Å². The van der Waals surface area contributed by atoms with Crippen molar-refractivity contribution in [2.75, 3.05) is 13.1 Å². The molecular formula is C19H26N2O. The lowest BCUT2D eigenvalue weighted by Gasteiger charge is -2.53. The van der Waals surface area contributed by atoms with Crippen LogP contribution in [0.3, 0.4) is 0 Å². The van der Waals surface area contributed by atoms with E-state index in [1.54, 1.807) is 0 Å². The molecule has 2 aliphatic carbocycles. The number of hydrogen-bond donors (Lipinski definition) is 1. The van der Waals surface area contributed by atoms with Crippen LogP contribution >= 0.6 is 0 Å². The third-order valence-electron chi connectivity index (χ3n) is 6.45. The van der Waals surface area contributed by atoms with Gasteiger partial charge in [0.2, 0.25) is 0 Å². The highest BCUT2D eigenvalue weighted by molar-refractivity contribution is 6.03. The molecule has 22 heavy (non-hydrogen) atoms. The first kappa shape index (κ1) is 14.4. The largest absolute Gasteiger partial charge is 0.326 e. The first-order valence-corrected chi connectivity index (χ1v) is 8.66. The van der Waals surface area contributed by atoms with Crippen LogP contribution in [0.15, 0.2) is 18.2 Å². The van der Waals surface area contributed by atoms with E-state index in [-0.39, 0.29) is 11.5 Å². The number of carbonyl (C=O) groups is 1. The van der Waals surface area contributed by atoms with Crippen molar-refractivity contribution in [1.29, 1.82) is 0 Å². The normalized spacial score (nSPS) is 34.6. The lowest BCUT2D eigenvalue weighted by atomic mass is 9.58. The molecule has 118 valence electrons. The van der Waals surface area contributed by atoms with Crippen LogP contribution in [-0.2, 0) is 12.0 Å². The molecule has 3 heteroatoms. The Bertz CT molecular complexity index is 622. The molecule has 2 unspecified atom stereocenters. The number of fused-ring (bicyclic) bond motifs is 4. The maximum Gasteiger partial charge on any atom is 0.180 e. The fraction of sp³-hybridized carbons (Fsp3) is 0.632. The number of rotatable bonds is 3. The van der Waals surface area contributed by atoms with E-state index < -0.39 is 0 Å². The van der Waals surface area contributed by atoms with Crippen molar-refractivity contribution in [3.05, 3.63) is 34.9 Å². The zero-order valence-corrected chi connectivity index (χ0v) is 13.6. The molecule has 1 saturated carbocycles. The van der Waals surface area contributed by atoms with Crippen molar-refractivity contribution in [3.63, 3.8) is 0 Å². The number of piperidine rings is 1. The average molecular weight is 298 g/mol. The van der Waals surface area contributed by atoms with E-state index in [1.165, 1.54) is 18.4 Å². The summed E-state index contributed by atoms with van der Waals surface area (Å²) in [5.41, 5.74) is 9.26. The number of likely N-dealkylation sites (tertiary alicyclic amines) is 1. The van der Waals surface area contributed by atoms with Crippen LogP contribution in [-0.4, -0.2) is 29.8 Å². The van der Waals surface area contributed by atoms with Gasteiger partial charge in [0, 0.05) is 18.7 Å². The SMILES string of the molecule is CC1C2C(=O)c3ccc(CN)cc3[C@]1(C)CCN2CC1CC1. The van der Waals surface area contributed by atoms with Gasteiger partial charge in [0.15, 0.2) is 5.78 Å². The second-order valence-corrected chi connectivity index (χ2v) is 7.79. The quantitative estimate of drug-likeness (QED) is 0.933. The summed E-state index contributed by atoms with van der Waals surface area (Å²) in [7, 11) is 0. The third-order valence-corrected chi connectivity index (χ3v) is 6.45. The van der Waals surface area contributed by atoms with Crippen molar-refractivity contribution in [2.45, 2.75) is 51.1 Å². The monoisotopic (exact) mass is 298 g/mol. The van der Waals surface area contributed by atoms with Crippen LogP contribution in [0, 0.1) is 11.8 Å². The highest BCUT2D eigenvalue weighted by Gasteiger charge is 2.52. The van der Waals surface area contributed by atoms with Crippen LogP contribution < -0.4 is 5.73 Å². The molecule has 3 atom stereocenters. The summed E-state index contributed by atoms with van der Waals surface area (Å²) in [6.07, 6.45) is 3.84. The third kappa shape index (κ3) is 1.99. The van der Waals surface area contributed by atoms with Crippen molar-refractivity contribution in [2.24, 2.45) is 17.6 Å². The molecule has 0 radical (unpaired) electrons. The number of hydrogen-bond acceptors (Lipinski definition) is 3. The van der Waals surface area contributed by atoms with Gasteiger partial charge in [0.05, 0.1) is 6.04 Å². The van der Waals surface area contributed by atoms with E-state index in [4.69, 9.17) is 5.73 Å². The van der Waals surface area contributed by atoms with Crippen LogP contribution in [0.4, 0.5) is 0 Å². The van der Waals surface area contributed by atoms with Crippen LogP contribution in [0.5, 0.6) is 0 Å². The number of nitrogens with zero attached hydrogens (tertiary/aromatic N) is 1. The van der Waals surface area contributed by atoms with Crippen molar-refractivity contribution >= 4 is 5.78 Å². The highest BCUT2D eigenvalue weighted by Crippen LogP contribution is 2.49. The number of Topliss-reactive ketones (excluding diaryl/α,β-unsaturated/α-hetero) is 1. The summed E-state index contributed by atoms with van der Waals surface area (Å²) in [5, 5.41) is 0. The van der Waals surface area contributed by atoms with Crippen molar-refractivity contribution in [1.82, 2.24) is 4.90 Å². The average Bonchev–Trinajstić information content (AvgIpc) is 3.33. The first-order chi connectivity index (χ1) is 10.5. The van der Waals surface area contributed by atoms with Crippen LogP contribution in [0.2, 0.25) is 0 Å². The Morgan fingerprint density at radius 2 is 2.14 bits per heavy atom. The minimum atomic E-state index is 0.0792. The molecule has 1 aliphatic heterocycles. The molecular weight excluding hydrogens is 272 g/mol. The summed E-state index contributed by atoms with van der Waals surface area (Å²) in [6.45, 7) is 7.35. The molecule has 1 aromatic rings. The van der Waals surface area contributed by atoms with Gasteiger partial charge in [-0.05, 0) is 54.2 Å². The molecule has 1 saturated heterocycles. The minimum absolute atomic E-state index is 0.0792. The van der Waals surface area contributed by atoms with Gasteiger partial charge in [-0.1, -0.05) is 32.0 Å². The summed E-state index contributed by atoms with van der Waals surface area (Å²) >= 11 is 0. The predicted octanol–water partition coefficient (Wildman–Crippen LogP) is 2.72. The van der Waals surface area contributed by atoms with Gasteiger partial charge in [-0.25, -0.2) is 0 Å². The summed E-state index contributed by atoms with van der Waals surface area (Å²) in [5.74, 6) is 1.56. The maximum absolute atomic E-state index is 13.1. The molecule has 3 nitrogen and oxygen atoms in total. The Labute approximate surface area is 132 Å². The van der Waals surface area contributed by atoms with Crippen molar-refractivity contribution < 1.29 is 4.79 Å². The number of ketones is 1. The first-order valence-electron chi connectivity index (χ1n) is 8.66. The smallest absolute Gasteiger partial charge is 0.180 e. The van der Waals surface area contributed by atoms with E-state index in [0.29, 0.717) is 18.2 Å². The number of nitrogens with two attached hydrogens (primary N) is 1. The molecule has 1 heterocycles. The Morgan fingerprint density at radius 1 is 1.36 bits per heavy atom. The topological polar surface area (TPSA) is 46.3 Å². The molecule has 2 fully saturated rings. The Morgan fingerprint density at radius 3 is 2.82 bits per heavy atom. The molecule has 4 rings (SSSR count). The molecule has 0 amide bonds. The van der Waals surface area contributed by atoms with E-state index >= 15 is 0 Å². The van der Waals surface area contributed by atoms with E-state index in [9.17, 15) is 4.79 Å². The standard InChI is InChI=1S/C19H26N2O/c1-12-17-18(22)15-6-5-14(10-20)9-16(15)19(12,2)7-8-21(17)11-13-3-4-13/h5-6,9,12-13,17H,3-4,7-8,10-11,20H2,1-2H3/t12?,17?,19-/m1/s1. The molecule has 2 N–H and O–H groups in total. The zero-order chi connectivity index (χ0) is 15.5. The molecule has 2 bridgehead atoms.